The van der Waals surface area contributed by atoms with Crippen LogP contribution < -0.4 is 4.74 Å². The molecule has 300 valence electrons. The molecule has 0 atom stereocenters. The number of hydrogen-bond donors (Lipinski definition) is 0. The van der Waals surface area contributed by atoms with E-state index in [9.17, 15) is 0 Å². The zero-order valence-electron chi connectivity index (χ0n) is 34.4. The van der Waals surface area contributed by atoms with Gasteiger partial charge in [-0.3, -0.25) is 0 Å². The molecule has 0 spiro atoms. The molecule has 5 nitrogen and oxygen atoms in total. The van der Waals surface area contributed by atoms with E-state index in [4.69, 9.17) is 22.4 Å². The quantitative estimate of drug-likeness (QED) is 0.131. The van der Waals surface area contributed by atoms with Crippen LogP contribution >= 0.6 is 0 Å². The molecule has 0 aliphatic carbocycles. The average Bonchev–Trinajstić information content (AvgIpc) is 3.36. The van der Waals surface area contributed by atoms with Crippen LogP contribution in [0.3, 0.4) is 0 Å². The number of rotatable bonds is 4. The van der Waals surface area contributed by atoms with Gasteiger partial charge in [-0.05, 0) is 103 Å². The molecule has 0 amide bonds. The first-order valence-corrected chi connectivity index (χ1v) is 22.0. The van der Waals surface area contributed by atoms with E-state index < -0.39 is 0 Å². The molecule has 0 fully saturated rings. The lowest BCUT2D eigenvalue weighted by atomic mass is 9.87. The molecule has 65 heavy (non-hydrogen) atoms. The van der Waals surface area contributed by atoms with Crippen molar-refractivity contribution in [2.75, 3.05) is 0 Å². The summed E-state index contributed by atoms with van der Waals surface area (Å²) in [6, 6.07) is 63.7. The largest absolute Gasteiger partial charge is 0.455 e. The lowest BCUT2D eigenvalue weighted by Gasteiger charge is -2.23. The second-order valence-corrected chi connectivity index (χ2v) is 17.4. The summed E-state index contributed by atoms with van der Waals surface area (Å²) in [7, 11) is 0. The van der Waals surface area contributed by atoms with Crippen LogP contribution in [0.15, 0.2) is 200 Å². The molecule has 16 rings (SSSR count). The minimum Gasteiger partial charge on any atom is -0.455 e. The molecule has 5 heteroatoms. The maximum atomic E-state index is 7.04. The summed E-state index contributed by atoms with van der Waals surface area (Å²) in [6.07, 6.45) is 0. The van der Waals surface area contributed by atoms with Gasteiger partial charge in [-0.25, -0.2) is 0 Å². The Labute approximate surface area is 368 Å². The maximum Gasteiger partial charge on any atom is 0.178 e. The van der Waals surface area contributed by atoms with Gasteiger partial charge in [-0.1, -0.05) is 133 Å². The molecule has 0 N–H and O–H groups in total. The molecule has 4 heterocycles. The number of ether oxygens (including phenoxy) is 1. The van der Waals surface area contributed by atoms with Crippen molar-refractivity contribution in [2.45, 2.75) is 0 Å². The minimum absolute atomic E-state index is 0.582. The van der Waals surface area contributed by atoms with Gasteiger partial charge in [0.15, 0.2) is 22.7 Å². The zero-order valence-corrected chi connectivity index (χ0v) is 34.4. The van der Waals surface area contributed by atoms with Crippen molar-refractivity contribution in [3.8, 4) is 56.0 Å². The van der Waals surface area contributed by atoms with Crippen molar-refractivity contribution in [3.63, 3.8) is 0 Å². The highest BCUT2D eigenvalue weighted by atomic mass is 16.5. The minimum atomic E-state index is 0.582. The van der Waals surface area contributed by atoms with Crippen molar-refractivity contribution >= 4 is 109 Å². The topological polar surface area (TPSA) is 61.8 Å². The summed E-state index contributed by atoms with van der Waals surface area (Å²) in [4.78, 5) is 0. The van der Waals surface area contributed by atoms with Crippen molar-refractivity contribution in [3.05, 3.63) is 182 Å². The third-order valence-electron chi connectivity index (χ3n) is 14.1. The second-order valence-electron chi connectivity index (χ2n) is 17.4. The normalized spacial score (nSPS) is 12.6. The first-order valence-electron chi connectivity index (χ1n) is 22.0. The van der Waals surface area contributed by atoms with Gasteiger partial charge in [0, 0.05) is 54.9 Å². The Bertz CT molecular complexity index is 4270. The molecule has 12 aromatic rings. The summed E-state index contributed by atoms with van der Waals surface area (Å²) in [5.74, 6) is 1.16. The molecular weight excluding hydrogens is 801 g/mol. The Morgan fingerprint density at radius 3 is 1.02 bits per heavy atom. The van der Waals surface area contributed by atoms with Crippen LogP contribution in [0.25, 0.3) is 154 Å². The highest BCUT2D eigenvalue weighted by Crippen LogP contribution is 2.54. The van der Waals surface area contributed by atoms with Gasteiger partial charge in [-0.15, -0.1) is 0 Å². The van der Waals surface area contributed by atoms with Crippen LogP contribution in [0.4, 0.5) is 0 Å². The second kappa shape index (κ2) is 12.0. The smallest absolute Gasteiger partial charge is 0.178 e. The van der Waals surface area contributed by atoms with Crippen molar-refractivity contribution in [1.29, 1.82) is 0 Å². The third kappa shape index (κ3) is 4.36. The fourth-order valence-corrected chi connectivity index (χ4v) is 11.2. The van der Waals surface area contributed by atoms with Crippen LogP contribution in [0.2, 0.25) is 0 Å². The predicted molar refractivity (Wildman–Crippen MR) is 264 cm³/mol. The summed E-state index contributed by atoms with van der Waals surface area (Å²) >= 11 is 0. The molecule has 0 aromatic heterocycles. The van der Waals surface area contributed by atoms with Gasteiger partial charge in [-0.2, -0.15) is 0 Å². The van der Waals surface area contributed by atoms with Crippen molar-refractivity contribution in [1.82, 2.24) is 0 Å². The Balaban J connectivity index is 0.913. The van der Waals surface area contributed by atoms with Gasteiger partial charge in [0.25, 0.3) is 0 Å². The number of benzene rings is 12. The predicted octanol–water partition coefficient (Wildman–Crippen LogP) is 17.8. The Hall–Kier alpha value is -8.80. The lowest BCUT2D eigenvalue weighted by Crippen LogP contribution is -1.98. The van der Waals surface area contributed by atoms with Crippen LogP contribution in [0.5, 0.6) is 11.5 Å². The van der Waals surface area contributed by atoms with Crippen LogP contribution in [0, 0.1) is 0 Å². The Morgan fingerprint density at radius 1 is 0.246 bits per heavy atom. The first-order chi connectivity index (χ1) is 32.2. The molecule has 0 saturated carbocycles. The average molecular weight is 831 g/mol. The van der Waals surface area contributed by atoms with E-state index >= 15 is 0 Å². The zero-order chi connectivity index (χ0) is 42.1. The van der Waals surface area contributed by atoms with E-state index in [1.165, 1.54) is 21.5 Å². The summed E-state index contributed by atoms with van der Waals surface area (Å²) in [5.41, 5.74) is 14.5. The highest BCUT2D eigenvalue weighted by Gasteiger charge is 2.30. The van der Waals surface area contributed by atoms with Gasteiger partial charge in [0.1, 0.15) is 33.5 Å². The molecule has 4 aliphatic rings. The summed E-state index contributed by atoms with van der Waals surface area (Å²) in [5, 5.41) is 13.0. The Morgan fingerprint density at radius 2 is 0.585 bits per heavy atom. The van der Waals surface area contributed by atoms with Crippen LogP contribution in [0.1, 0.15) is 0 Å². The first kappa shape index (κ1) is 33.8. The van der Waals surface area contributed by atoms with Crippen LogP contribution in [-0.2, 0) is 0 Å². The molecule has 0 bridgehead atoms. The van der Waals surface area contributed by atoms with Gasteiger partial charge in [0.2, 0.25) is 0 Å². The van der Waals surface area contributed by atoms with E-state index in [1.807, 2.05) is 12.1 Å². The monoisotopic (exact) mass is 830 g/mol. The van der Waals surface area contributed by atoms with Crippen LogP contribution in [-0.4, -0.2) is 0 Å². The molecule has 0 unspecified atom stereocenters. The number of hydrogen-bond acceptors (Lipinski definition) is 5. The van der Waals surface area contributed by atoms with Crippen molar-refractivity contribution in [2.24, 2.45) is 0 Å². The molecule has 12 aromatic carbocycles. The van der Waals surface area contributed by atoms with Gasteiger partial charge >= 0.3 is 0 Å². The SMILES string of the molecule is c1ccc2c(-c3ccc4ccc5oc6c(Oc7ccc8ccc9oc%10c(-c%11cccc%12ccccc%11%12)ccc%11ccc%12oc7c8c9-c%12c%11%10)ccc7ccc8oc3c4c5-c8c76)cccc2c1. The highest BCUT2D eigenvalue weighted by molar-refractivity contribution is 6.28. The third-order valence-corrected chi connectivity index (χ3v) is 14.1. The molecular formula is C60H30O5. The summed E-state index contributed by atoms with van der Waals surface area (Å²) in [6.45, 7) is 0. The van der Waals surface area contributed by atoms with E-state index in [1.54, 1.807) is 0 Å². The molecule has 0 saturated heterocycles. The standard InChI is InChI=1S/C60H30O5/c1-3-11-37-31(7-1)9-5-13-39(37)41-23-15-33-17-27-45-53-49(33)57(41)62-43-25-19-35-21-29-47(59(64-45)51(35)55(43)53)61-48-30-22-36-20-26-44-56-52(36)60(48)65-46-28-18-34-16-24-42(58(63-44)50(34)54(46)56)40-14-6-10-32-8-2-4-12-38(32)40/h1-30H. The number of fused-ring (bicyclic) bond motifs is 2. The van der Waals surface area contributed by atoms with E-state index in [0.717, 1.165) is 121 Å². The molecule has 0 radical (unpaired) electrons. The lowest BCUT2D eigenvalue weighted by molar-refractivity contribution is 0.469. The summed E-state index contributed by atoms with van der Waals surface area (Å²) < 4.78 is 35.2. The Kier molecular flexibility index (Phi) is 6.24. The van der Waals surface area contributed by atoms with E-state index in [2.05, 4.69) is 170 Å². The van der Waals surface area contributed by atoms with E-state index in [0.29, 0.717) is 22.7 Å². The fourth-order valence-electron chi connectivity index (χ4n) is 11.2. The van der Waals surface area contributed by atoms with E-state index in [-0.39, 0.29) is 0 Å². The van der Waals surface area contributed by atoms with Gasteiger partial charge in [0.05, 0.1) is 0 Å². The molecule has 4 aliphatic heterocycles. The van der Waals surface area contributed by atoms with Gasteiger partial charge < -0.3 is 22.4 Å². The maximum absolute atomic E-state index is 7.04. The van der Waals surface area contributed by atoms with Crippen molar-refractivity contribution < 1.29 is 22.4 Å². The fraction of sp³-hybridized carbons (Fsp3) is 0.